The molecule has 0 amide bonds. The Labute approximate surface area is 131 Å². The maximum absolute atomic E-state index is 5.68. The molecular weight excluding hydrogens is 357 g/mol. The van der Waals surface area contributed by atoms with E-state index in [4.69, 9.17) is 15.2 Å². The Hall–Kier alpha value is -1.02. The van der Waals surface area contributed by atoms with Gasteiger partial charge in [0.1, 0.15) is 12.4 Å². The number of nitrogens with two attached hydrogens (primary N) is 1. The number of aliphatic imine (C=N–C) groups is 1. The van der Waals surface area contributed by atoms with E-state index < -0.39 is 0 Å². The van der Waals surface area contributed by atoms with Gasteiger partial charge in [0.05, 0.1) is 6.61 Å². The summed E-state index contributed by atoms with van der Waals surface area (Å²) < 4.78 is 10.6. The van der Waals surface area contributed by atoms with Crippen LogP contribution >= 0.6 is 24.0 Å². The molecule has 19 heavy (non-hydrogen) atoms. The van der Waals surface area contributed by atoms with Gasteiger partial charge in [0.15, 0.2) is 5.96 Å². The number of rotatable bonds is 6. The van der Waals surface area contributed by atoms with Crippen LogP contribution in [-0.2, 0) is 11.3 Å². The largest absolute Gasteiger partial charge is 0.491 e. The third-order valence-electron chi connectivity index (χ3n) is 2.47. The molecule has 0 aliphatic carbocycles. The van der Waals surface area contributed by atoms with Crippen LogP contribution in [0.1, 0.15) is 11.1 Å². The number of guanidine groups is 1. The number of benzene rings is 1. The second-order valence-corrected chi connectivity index (χ2v) is 3.91. The van der Waals surface area contributed by atoms with Gasteiger partial charge in [-0.1, -0.05) is 12.1 Å². The van der Waals surface area contributed by atoms with Crippen molar-refractivity contribution in [2.75, 3.05) is 27.4 Å². The molecule has 5 nitrogen and oxygen atoms in total. The van der Waals surface area contributed by atoms with Gasteiger partial charge in [-0.2, -0.15) is 0 Å². The minimum Gasteiger partial charge on any atom is -0.491 e. The molecule has 108 valence electrons. The van der Waals surface area contributed by atoms with Crippen LogP contribution in [0.2, 0.25) is 0 Å². The average molecular weight is 379 g/mol. The molecule has 0 heterocycles. The molecule has 3 N–H and O–H groups in total. The summed E-state index contributed by atoms with van der Waals surface area (Å²) in [6.45, 7) is 3.72. The number of methoxy groups -OCH3 is 1. The molecule has 1 aromatic carbocycles. The first-order valence-electron chi connectivity index (χ1n) is 5.84. The van der Waals surface area contributed by atoms with Gasteiger partial charge in [-0.3, -0.25) is 4.99 Å². The van der Waals surface area contributed by atoms with Crippen LogP contribution in [0.15, 0.2) is 23.2 Å². The third kappa shape index (κ3) is 6.63. The fraction of sp³-hybridized carbons (Fsp3) is 0.462. The lowest BCUT2D eigenvalue weighted by molar-refractivity contribution is 0.145. The highest BCUT2D eigenvalue weighted by Crippen LogP contribution is 2.20. The van der Waals surface area contributed by atoms with Gasteiger partial charge >= 0.3 is 0 Å². The number of nitrogens with zero attached hydrogens (tertiary/aromatic N) is 1. The van der Waals surface area contributed by atoms with Crippen molar-refractivity contribution in [2.45, 2.75) is 13.5 Å². The van der Waals surface area contributed by atoms with Gasteiger partial charge < -0.3 is 20.5 Å². The van der Waals surface area contributed by atoms with E-state index in [2.05, 4.69) is 10.3 Å². The molecule has 0 aliphatic heterocycles. The Balaban J connectivity index is 0.00000324. The van der Waals surface area contributed by atoms with Crippen molar-refractivity contribution in [3.8, 4) is 5.75 Å². The number of ether oxygens (including phenoxy) is 2. The monoisotopic (exact) mass is 379 g/mol. The minimum absolute atomic E-state index is 0. The molecule has 1 rings (SSSR count). The zero-order chi connectivity index (χ0) is 13.4. The van der Waals surface area contributed by atoms with Crippen LogP contribution in [0.25, 0.3) is 0 Å². The highest BCUT2D eigenvalue weighted by Gasteiger charge is 2.04. The van der Waals surface area contributed by atoms with Gasteiger partial charge in [-0.15, -0.1) is 24.0 Å². The number of nitrogens with one attached hydrogen (secondary N) is 1. The Morgan fingerprint density at radius 1 is 1.37 bits per heavy atom. The van der Waals surface area contributed by atoms with Crippen LogP contribution in [0.5, 0.6) is 5.75 Å². The minimum atomic E-state index is 0. The van der Waals surface area contributed by atoms with Crippen LogP contribution in [0.3, 0.4) is 0 Å². The summed E-state index contributed by atoms with van der Waals surface area (Å²) >= 11 is 0. The maximum atomic E-state index is 5.68. The number of aryl methyl sites for hydroxylation is 1. The van der Waals surface area contributed by atoms with Gasteiger partial charge in [-0.25, -0.2) is 0 Å². The summed E-state index contributed by atoms with van der Waals surface area (Å²) in [4.78, 5) is 3.85. The fourth-order valence-corrected chi connectivity index (χ4v) is 1.44. The second-order valence-electron chi connectivity index (χ2n) is 3.91. The predicted molar refractivity (Wildman–Crippen MR) is 88.4 cm³/mol. The van der Waals surface area contributed by atoms with Crippen molar-refractivity contribution in [1.29, 1.82) is 0 Å². The Kier molecular flexibility index (Phi) is 9.32. The summed E-state index contributed by atoms with van der Waals surface area (Å²) in [5, 5.41) is 3.02. The first kappa shape index (κ1) is 18.0. The maximum Gasteiger partial charge on any atom is 0.188 e. The lowest BCUT2D eigenvalue weighted by Gasteiger charge is -2.13. The molecule has 1 aromatic rings. The fourth-order valence-electron chi connectivity index (χ4n) is 1.44. The molecule has 0 atom stereocenters. The van der Waals surface area contributed by atoms with Crippen molar-refractivity contribution in [3.63, 3.8) is 0 Å². The first-order valence-corrected chi connectivity index (χ1v) is 5.84. The van der Waals surface area contributed by atoms with E-state index in [1.807, 2.05) is 25.1 Å². The predicted octanol–water partition coefficient (Wildman–Crippen LogP) is 1.67. The van der Waals surface area contributed by atoms with Gasteiger partial charge in [0, 0.05) is 26.3 Å². The van der Waals surface area contributed by atoms with Gasteiger partial charge in [-0.05, 0) is 18.6 Å². The molecule has 0 fully saturated rings. The SMILES string of the molecule is CN=C(N)NCc1ccc(C)cc1OCCOC.I. The van der Waals surface area contributed by atoms with E-state index in [9.17, 15) is 0 Å². The standard InChI is InChI=1S/C13H21N3O2.HI/c1-10-4-5-11(9-16-13(14)15-2)12(8-10)18-7-6-17-3;/h4-5,8H,6-7,9H2,1-3H3,(H3,14,15,16);1H. The van der Waals surface area contributed by atoms with Crippen molar-refractivity contribution in [1.82, 2.24) is 5.32 Å². The van der Waals surface area contributed by atoms with E-state index in [0.29, 0.717) is 25.7 Å². The molecular formula is C13H22IN3O2. The van der Waals surface area contributed by atoms with Crippen LogP contribution in [0, 0.1) is 6.92 Å². The Morgan fingerprint density at radius 2 is 2.11 bits per heavy atom. The summed E-state index contributed by atoms with van der Waals surface area (Å²) in [6, 6.07) is 6.07. The first-order chi connectivity index (χ1) is 8.67. The smallest absolute Gasteiger partial charge is 0.188 e. The summed E-state index contributed by atoms with van der Waals surface area (Å²) in [6.07, 6.45) is 0. The van der Waals surface area contributed by atoms with Crippen molar-refractivity contribution in [3.05, 3.63) is 29.3 Å². The van der Waals surface area contributed by atoms with E-state index in [1.54, 1.807) is 14.2 Å². The molecule has 0 bridgehead atoms. The van der Waals surface area contributed by atoms with E-state index >= 15 is 0 Å². The van der Waals surface area contributed by atoms with Crippen molar-refractivity contribution < 1.29 is 9.47 Å². The van der Waals surface area contributed by atoms with Crippen molar-refractivity contribution in [2.24, 2.45) is 10.7 Å². The van der Waals surface area contributed by atoms with Gasteiger partial charge in [0.2, 0.25) is 0 Å². The topological polar surface area (TPSA) is 68.9 Å². The Bertz CT molecular complexity index is 411. The molecule has 0 aliphatic rings. The third-order valence-corrected chi connectivity index (χ3v) is 2.47. The molecule has 0 saturated carbocycles. The highest BCUT2D eigenvalue weighted by atomic mass is 127. The van der Waals surface area contributed by atoms with E-state index in [0.717, 1.165) is 16.9 Å². The molecule has 6 heteroatoms. The summed E-state index contributed by atoms with van der Waals surface area (Å²) in [5.41, 5.74) is 7.80. The second kappa shape index (κ2) is 9.85. The summed E-state index contributed by atoms with van der Waals surface area (Å²) in [7, 11) is 3.30. The Morgan fingerprint density at radius 3 is 2.74 bits per heavy atom. The summed E-state index contributed by atoms with van der Waals surface area (Å²) in [5.74, 6) is 1.27. The molecule has 0 spiro atoms. The van der Waals surface area contributed by atoms with Crippen molar-refractivity contribution >= 4 is 29.9 Å². The molecule has 0 unspecified atom stereocenters. The highest BCUT2D eigenvalue weighted by molar-refractivity contribution is 14.0. The van der Waals surface area contributed by atoms with Gasteiger partial charge in [0.25, 0.3) is 0 Å². The van der Waals surface area contributed by atoms with E-state index in [1.165, 1.54) is 0 Å². The lowest BCUT2D eigenvalue weighted by Crippen LogP contribution is -2.30. The normalized spacial score (nSPS) is 10.8. The number of halogens is 1. The quantitative estimate of drug-likeness (QED) is 0.342. The van der Waals surface area contributed by atoms with Crippen LogP contribution in [0.4, 0.5) is 0 Å². The van der Waals surface area contributed by atoms with E-state index in [-0.39, 0.29) is 24.0 Å². The zero-order valence-corrected chi connectivity index (χ0v) is 13.9. The molecule has 0 saturated heterocycles. The molecule has 0 aromatic heterocycles. The van der Waals surface area contributed by atoms with Crippen LogP contribution in [-0.4, -0.2) is 33.3 Å². The van der Waals surface area contributed by atoms with Crippen LogP contribution < -0.4 is 15.8 Å². The molecule has 0 radical (unpaired) electrons. The zero-order valence-electron chi connectivity index (χ0n) is 11.6. The average Bonchev–Trinajstić information content (AvgIpc) is 2.37. The lowest BCUT2D eigenvalue weighted by atomic mass is 10.1. The number of hydrogen-bond acceptors (Lipinski definition) is 3. The number of hydrogen-bond donors (Lipinski definition) is 2.